The average Bonchev–Trinajstić information content (AvgIpc) is 3.15. The molecule has 0 aliphatic rings. The van der Waals surface area contributed by atoms with Crippen molar-refractivity contribution < 1.29 is 17.6 Å². The predicted octanol–water partition coefficient (Wildman–Crippen LogP) is 4.51. The van der Waals surface area contributed by atoms with Gasteiger partial charge in [-0.1, -0.05) is 55.1 Å². The molecule has 0 aliphatic carbocycles. The molecule has 6 nitrogen and oxygen atoms in total. The van der Waals surface area contributed by atoms with Crippen LogP contribution in [-0.4, -0.2) is 30.8 Å². The molecular weight excluding hydrogens is 408 g/mol. The maximum atomic E-state index is 12.4. The van der Waals surface area contributed by atoms with Crippen LogP contribution in [0, 0.1) is 0 Å². The van der Waals surface area contributed by atoms with E-state index < -0.39 is 9.84 Å². The fraction of sp³-hybridized carbons (Fsp3) is 0.143. The molecule has 4 aromatic rings. The minimum absolute atomic E-state index is 0.0201. The number of nitrogens with one attached hydrogen (secondary N) is 1. The monoisotopic (exact) mass is 426 g/mol. The van der Waals surface area contributed by atoms with Crippen molar-refractivity contribution in [3.05, 3.63) is 60.7 Å². The fourth-order valence-electron chi connectivity index (χ4n) is 2.96. The third kappa shape index (κ3) is 4.13. The number of hydrogen-bond donors (Lipinski definition) is 1. The molecular formula is C21H18N2O4S2. The molecule has 0 bridgehead atoms. The molecule has 1 heterocycles. The topological polar surface area (TPSA) is 89.3 Å². The van der Waals surface area contributed by atoms with Crippen LogP contribution in [0.25, 0.3) is 21.9 Å². The first-order valence-electron chi connectivity index (χ1n) is 9.00. The zero-order valence-electron chi connectivity index (χ0n) is 15.6. The van der Waals surface area contributed by atoms with Crippen molar-refractivity contribution >= 4 is 55.1 Å². The zero-order valence-corrected chi connectivity index (χ0v) is 17.2. The highest BCUT2D eigenvalue weighted by Crippen LogP contribution is 2.27. The first kappa shape index (κ1) is 19.5. The van der Waals surface area contributed by atoms with Gasteiger partial charge in [-0.3, -0.25) is 4.79 Å². The lowest BCUT2D eigenvalue weighted by Crippen LogP contribution is -2.14. The van der Waals surface area contributed by atoms with Crippen molar-refractivity contribution in [1.82, 2.24) is 4.98 Å². The first-order valence-corrected chi connectivity index (χ1v) is 11.6. The summed E-state index contributed by atoms with van der Waals surface area (Å²) < 4.78 is 29.7. The van der Waals surface area contributed by atoms with E-state index in [0.717, 1.165) is 28.2 Å². The number of carbonyl (C=O) groups excluding carboxylic acids is 1. The van der Waals surface area contributed by atoms with Crippen LogP contribution in [-0.2, 0) is 14.6 Å². The molecule has 0 aliphatic heterocycles. The summed E-state index contributed by atoms with van der Waals surface area (Å²) in [5.74, 6) is -0.0366. The molecule has 0 fully saturated rings. The zero-order chi connectivity index (χ0) is 20.4. The van der Waals surface area contributed by atoms with Gasteiger partial charge in [-0.15, -0.1) is 0 Å². The molecule has 8 heteroatoms. The molecule has 0 unspecified atom stereocenters. The van der Waals surface area contributed by atoms with Gasteiger partial charge in [-0.25, -0.2) is 13.4 Å². The number of rotatable bonds is 6. The summed E-state index contributed by atoms with van der Waals surface area (Å²) in [4.78, 5) is 16.9. The van der Waals surface area contributed by atoms with Gasteiger partial charge in [0, 0.05) is 11.1 Å². The quantitative estimate of drug-likeness (QED) is 0.457. The van der Waals surface area contributed by atoms with Crippen LogP contribution < -0.4 is 5.32 Å². The van der Waals surface area contributed by atoms with Crippen LogP contribution in [0.4, 0.5) is 5.69 Å². The summed E-state index contributed by atoms with van der Waals surface area (Å²) in [5.41, 5.74) is 1.69. The highest BCUT2D eigenvalue weighted by molar-refractivity contribution is 7.99. The molecule has 1 N–H and O–H groups in total. The second-order valence-corrected chi connectivity index (χ2v) is 9.58. The Hall–Kier alpha value is -2.84. The van der Waals surface area contributed by atoms with Gasteiger partial charge in [-0.2, -0.15) is 0 Å². The minimum atomic E-state index is -3.31. The number of anilines is 1. The number of nitrogens with zero attached hydrogens (tertiary/aromatic N) is 1. The number of sulfone groups is 1. The Morgan fingerprint density at radius 1 is 1.10 bits per heavy atom. The smallest absolute Gasteiger partial charge is 0.257 e. The molecule has 1 aromatic heterocycles. The summed E-state index contributed by atoms with van der Waals surface area (Å²) in [7, 11) is -3.31. The maximum Gasteiger partial charge on any atom is 0.257 e. The van der Waals surface area contributed by atoms with Crippen molar-refractivity contribution in [1.29, 1.82) is 0 Å². The number of amides is 1. The van der Waals surface area contributed by atoms with Crippen molar-refractivity contribution in [3.63, 3.8) is 0 Å². The summed E-state index contributed by atoms with van der Waals surface area (Å²) in [5, 5.41) is 5.26. The number of aromatic nitrogens is 1. The molecule has 0 saturated heterocycles. The van der Waals surface area contributed by atoms with E-state index in [1.54, 1.807) is 13.0 Å². The SMILES string of the molecule is CCS(=O)(=O)c1ccc2oc(SCC(=O)Nc3cccc4ccccc34)nc2c1. The Bertz CT molecular complexity index is 1310. The van der Waals surface area contributed by atoms with Crippen LogP contribution >= 0.6 is 11.8 Å². The Labute approximate surface area is 172 Å². The van der Waals surface area contributed by atoms with Crippen LogP contribution in [0.15, 0.2) is 75.2 Å². The lowest BCUT2D eigenvalue weighted by molar-refractivity contribution is -0.113. The van der Waals surface area contributed by atoms with Gasteiger partial charge in [0.25, 0.3) is 5.22 Å². The highest BCUT2D eigenvalue weighted by atomic mass is 32.2. The van der Waals surface area contributed by atoms with Crippen molar-refractivity contribution in [3.8, 4) is 0 Å². The van der Waals surface area contributed by atoms with E-state index in [4.69, 9.17) is 4.42 Å². The number of hydrogen-bond acceptors (Lipinski definition) is 6. The van der Waals surface area contributed by atoms with E-state index >= 15 is 0 Å². The number of oxazole rings is 1. The molecule has 0 radical (unpaired) electrons. The average molecular weight is 427 g/mol. The second kappa shape index (κ2) is 7.88. The van der Waals surface area contributed by atoms with E-state index in [2.05, 4.69) is 10.3 Å². The Morgan fingerprint density at radius 2 is 1.90 bits per heavy atom. The van der Waals surface area contributed by atoms with E-state index in [1.165, 1.54) is 12.1 Å². The van der Waals surface area contributed by atoms with Crippen molar-refractivity contribution in [2.75, 3.05) is 16.8 Å². The largest absolute Gasteiger partial charge is 0.431 e. The normalized spacial score (nSPS) is 11.8. The molecule has 1 amide bonds. The van der Waals surface area contributed by atoms with E-state index in [9.17, 15) is 13.2 Å². The van der Waals surface area contributed by atoms with Crippen LogP contribution in [0.3, 0.4) is 0 Å². The minimum Gasteiger partial charge on any atom is -0.431 e. The maximum absolute atomic E-state index is 12.4. The third-order valence-electron chi connectivity index (χ3n) is 4.47. The molecule has 29 heavy (non-hydrogen) atoms. The lowest BCUT2D eigenvalue weighted by atomic mass is 10.1. The van der Waals surface area contributed by atoms with E-state index in [1.807, 2.05) is 42.5 Å². The molecule has 4 rings (SSSR count). The Balaban J connectivity index is 1.47. The Morgan fingerprint density at radius 3 is 2.72 bits per heavy atom. The molecule has 148 valence electrons. The predicted molar refractivity (Wildman–Crippen MR) is 115 cm³/mol. The number of benzene rings is 3. The van der Waals surface area contributed by atoms with Gasteiger partial charge < -0.3 is 9.73 Å². The standard InChI is InChI=1S/C21H18N2O4S2/c1-2-29(25,26)15-10-11-19-18(12-15)23-21(27-19)28-13-20(24)22-17-9-5-7-14-6-3-4-8-16(14)17/h3-12H,2,13H2,1H3,(H,22,24). The lowest BCUT2D eigenvalue weighted by Gasteiger charge is -2.07. The van der Waals surface area contributed by atoms with Gasteiger partial charge >= 0.3 is 0 Å². The third-order valence-corrected chi connectivity index (χ3v) is 7.03. The number of carbonyl (C=O) groups is 1. The van der Waals surface area contributed by atoms with Gasteiger partial charge in [0.05, 0.1) is 16.4 Å². The molecule has 3 aromatic carbocycles. The van der Waals surface area contributed by atoms with Gasteiger partial charge in [0.15, 0.2) is 15.4 Å². The van der Waals surface area contributed by atoms with E-state index in [-0.39, 0.29) is 22.3 Å². The van der Waals surface area contributed by atoms with Gasteiger partial charge in [0.2, 0.25) is 5.91 Å². The highest BCUT2D eigenvalue weighted by Gasteiger charge is 2.15. The second-order valence-electron chi connectivity index (χ2n) is 6.38. The van der Waals surface area contributed by atoms with Crippen molar-refractivity contribution in [2.45, 2.75) is 17.0 Å². The van der Waals surface area contributed by atoms with E-state index in [0.29, 0.717) is 16.3 Å². The summed E-state index contributed by atoms with van der Waals surface area (Å²) in [6, 6.07) is 18.2. The first-order chi connectivity index (χ1) is 14.0. The summed E-state index contributed by atoms with van der Waals surface area (Å²) in [6.45, 7) is 1.60. The van der Waals surface area contributed by atoms with Gasteiger partial charge in [0.1, 0.15) is 5.52 Å². The molecule has 0 saturated carbocycles. The number of fused-ring (bicyclic) bond motifs is 2. The van der Waals surface area contributed by atoms with Crippen LogP contribution in [0.2, 0.25) is 0 Å². The number of thioether (sulfide) groups is 1. The van der Waals surface area contributed by atoms with Crippen LogP contribution in [0.5, 0.6) is 0 Å². The summed E-state index contributed by atoms with van der Waals surface area (Å²) in [6.07, 6.45) is 0. The van der Waals surface area contributed by atoms with Crippen molar-refractivity contribution in [2.24, 2.45) is 0 Å². The van der Waals surface area contributed by atoms with Crippen LogP contribution in [0.1, 0.15) is 6.92 Å². The molecule has 0 atom stereocenters. The Kier molecular flexibility index (Phi) is 5.29. The van der Waals surface area contributed by atoms with Gasteiger partial charge in [-0.05, 0) is 29.7 Å². The molecule has 0 spiro atoms. The fourth-order valence-corrected chi connectivity index (χ4v) is 4.49. The summed E-state index contributed by atoms with van der Waals surface area (Å²) >= 11 is 1.16.